The average Bonchev–Trinajstić information content (AvgIpc) is 2.43. The predicted molar refractivity (Wildman–Crippen MR) is 79.5 cm³/mol. The molecule has 1 aromatic heterocycles. The average molecular weight is 263 g/mol. The van der Waals surface area contributed by atoms with Crippen molar-refractivity contribution in [1.29, 1.82) is 0 Å². The van der Waals surface area contributed by atoms with E-state index >= 15 is 0 Å². The van der Waals surface area contributed by atoms with Gasteiger partial charge in [-0.25, -0.2) is 0 Å². The van der Waals surface area contributed by atoms with Crippen LogP contribution in [0.25, 0.3) is 10.9 Å². The fourth-order valence-electron chi connectivity index (χ4n) is 2.11. The van der Waals surface area contributed by atoms with Crippen molar-refractivity contribution < 1.29 is 0 Å². The molecule has 0 aliphatic rings. The number of rotatable bonds is 5. The Labute approximate surface area is 114 Å². The molecular formula is C15H19ClN2. The maximum atomic E-state index is 5.93. The lowest BCUT2D eigenvalue weighted by Gasteiger charge is -2.21. The van der Waals surface area contributed by atoms with Gasteiger partial charge in [0.25, 0.3) is 0 Å². The standard InChI is InChI=1S/C15H19ClN2/c1-3-4-9-18(2)15-10-12(11-16)17-14-8-6-5-7-13(14)15/h5-8,10H,3-4,9,11H2,1-2H3. The number of alkyl halides is 1. The molecule has 0 unspecified atom stereocenters. The van der Waals surface area contributed by atoms with Gasteiger partial charge in [0.2, 0.25) is 0 Å². The topological polar surface area (TPSA) is 16.1 Å². The minimum absolute atomic E-state index is 0.458. The Morgan fingerprint density at radius 2 is 2.06 bits per heavy atom. The summed E-state index contributed by atoms with van der Waals surface area (Å²) in [7, 11) is 2.13. The van der Waals surface area contributed by atoms with Crippen LogP contribution in [0.5, 0.6) is 0 Å². The van der Waals surface area contributed by atoms with Gasteiger partial charge in [-0.15, -0.1) is 11.6 Å². The summed E-state index contributed by atoms with van der Waals surface area (Å²) in [6, 6.07) is 10.3. The fraction of sp³-hybridized carbons (Fsp3) is 0.400. The highest BCUT2D eigenvalue weighted by Crippen LogP contribution is 2.26. The highest BCUT2D eigenvalue weighted by molar-refractivity contribution is 6.17. The van der Waals surface area contributed by atoms with Gasteiger partial charge < -0.3 is 4.90 Å². The van der Waals surface area contributed by atoms with Crippen molar-refractivity contribution in [2.24, 2.45) is 0 Å². The Hall–Kier alpha value is -1.28. The number of halogens is 1. The molecule has 0 aliphatic carbocycles. The third kappa shape index (κ3) is 2.75. The Kier molecular flexibility index (Phi) is 4.43. The van der Waals surface area contributed by atoms with Crippen molar-refractivity contribution in [2.45, 2.75) is 25.6 Å². The molecule has 2 rings (SSSR count). The van der Waals surface area contributed by atoms with Gasteiger partial charge in [0.1, 0.15) is 0 Å². The third-order valence-corrected chi connectivity index (χ3v) is 3.42. The Balaban J connectivity index is 2.46. The maximum Gasteiger partial charge on any atom is 0.0726 e. The van der Waals surface area contributed by atoms with Crippen molar-refractivity contribution in [3.05, 3.63) is 36.0 Å². The van der Waals surface area contributed by atoms with Crippen LogP contribution in [0, 0.1) is 0 Å². The second kappa shape index (κ2) is 6.05. The summed E-state index contributed by atoms with van der Waals surface area (Å²) in [5.41, 5.74) is 3.19. The number of fused-ring (bicyclic) bond motifs is 1. The van der Waals surface area contributed by atoms with Crippen molar-refractivity contribution in [3.8, 4) is 0 Å². The van der Waals surface area contributed by atoms with Gasteiger partial charge in [-0.1, -0.05) is 31.5 Å². The molecule has 1 aromatic carbocycles. The fourth-order valence-corrected chi connectivity index (χ4v) is 2.25. The smallest absolute Gasteiger partial charge is 0.0726 e. The van der Waals surface area contributed by atoms with E-state index in [1.807, 2.05) is 12.1 Å². The maximum absolute atomic E-state index is 5.93. The van der Waals surface area contributed by atoms with Crippen LogP contribution in [0.3, 0.4) is 0 Å². The van der Waals surface area contributed by atoms with E-state index in [-0.39, 0.29) is 0 Å². The lowest BCUT2D eigenvalue weighted by Crippen LogP contribution is -2.19. The van der Waals surface area contributed by atoms with Crippen LogP contribution >= 0.6 is 11.6 Å². The van der Waals surface area contributed by atoms with E-state index in [0.717, 1.165) is 17.8 Å². The Morgan fingerprint density at radius 3 is 2.78 bits per heavy atom. The molecule has 1 heterocycles. The highest BCUT2D eigenvalue weighted by atomic mass is 35.5. The lowest BCUT2D eigenvalue weighted by atomic mass is 10.1. The first-order valence-corrected chi connectivity index (χ1v) is 6.95. The predicted octanol–water partition coefficient (Wildman–Crippen LogP) is 4.21. The SMILES string of the molecule is CCCCN(C)c1cc(CCl)nc2ccccc12. The molecule has 0 spiro atoms. The van der Waals surface area contributed by atoms with E-state index in [9.17, 15) is 0 Å². The van der Waals surface area contributed by atoms with Crippen LogP contribution in [0.4, 0.5) is 5.69 Å². The number of para-hydroxylation sites is 1. The van der Waals surface area contributed by atoms with Gasteiger partial charge in [-0.05, 0) is 18.6 Å². The molecule has 0 N–H and O–H groups in total. The first-order chi connectivity index (χ1) is 8.76. The van der Waals surface area contributed by atoms with Crippen molar-refractivity contribution >= 4 is 28.2 Å². The Morgan fingerprint density at radius 1 is 1.28 bits per heavy atom. The van der Waals surface area contributed by atoms with Gasteiger partial charge in [0, 0.05) is 24.7 Å². The molecule has 0 saturated carbocycles. The summed E-state index contributed by atoms with van der Waals surface area (Å²) in [4.78, 5) is 6.85. The number of benzene rings is 1. The van der Waals surface area contributed by atoms with E-state index in [1.165, 1.54) is 23.9 Å². The number of hydrogen-bond acceptors (Lipinski definition) is 2. The zero-order valence-electron chi connectivity index (χ0n) is 11.0. The Bertz CT molecular complexity index is 525. The number of hydrogen-bond donors (Lipinski definition) is 0. The number of pyridine rings is 1. The van der Waals surface area contributed by atoms with Gasteiger partial charge in [-0.2, -0.15) is 0 Å². The summed E-state index contributed by atoms with van der Waals surface area (Å²) in [5.74, 6) is 0.458. The lowest BCUT2D eigenvalue weighted by molar-refractivity contribution is 0.768. The van der Waals surface area contributed by atoms with Crippen LogP contribution in [0.2, 0.25) is 0 Å². The molecule has 0 bridgehead atoms. The van der Waals surface area contributed by atoms with E-state index in [4.69, 9.17) is 11.6 Å². The van der Waals surface area contributed by atoms with Gasteiger partial charge in [0.05, 0.1) is 17.1 Å². The molecular weight excluding hydrogens is 244 g/mol. The molecule has 0 atom stereocenters. The molecule has 2 nitrogen and oxygen atoms in total. The summed E-state index contributed by atoms with van der Waals surface area (Å²) in [5, 5.41) is 1.20. The van der Waals surface area contributed by atoms with Crippen LogP contribution in [-0.4, -0.2) is 18.6 Å². The normalized spacial score (nSPS) is 10.8. The summed E-state index contributed by atoms with van der Waals surface area (Å²) < 4.78 is 0. The molecule has 3 heteroatoms. The third-order valence-electron chi connectivity index (χ3n) is 3.14. The molecule has 0 radical (unpaired) electrons. The number of nitrogens with zero attached hydrogens (tertiary/aromatic N) is 2. The summed E-state index contributed by atoms with van der Waals surface area (Å²) in [6.07, 6.45) is 2.40. The van der Waals surface area contributed by atoms with Gasteiger partial charge in [0.15, 0.2) is 0 Å². The second-order valence-corrected chi connectivity index (χ2v) is 4.83. The monoisotopic (exact) mass is 262 g/mol. The van der Waals surface area contributed by atoms with Crippen molar-refractivity contribution in [1.82, 2.24) is 4.98 Å². The second-order valence-electron chi connectivity index (χ2n) is 4.56. The zero-order chi connectivity index (χ0) is 13.0. The molecule has 0 saturated heterocycles. The molecule has 0 fully saturated rings. The van der Waals surface area contributed by atoms with Crippen molar-refractivity contribution in [3.63, 3.8) is 0 Å². The van der Waals surface area contributed by atoms with Crippen LogP contribution < -0.4 is 4.90 Å². The minimum atomic E-state index is 0.458. The minimum Gasteiger partial charge on any atom is -0.374 e. The largest absolute Gasteiger partial charge is 0.374 e. The zero-order valence-corrected chi connectivity index (χ0v) is 11.7. The summed E-state index contributed by atoms with van der Waals surface area (Å²) in [6.45, 7) is 3.27. The van der Waals surface area contributed by atoms with E-state index < -0.39 is 0 Å². The number of unbranched alkanes of at least 4 members (excludes halogenated alkanes) is 1. The highest BCUT2D eigenvalue weighted by Gasteiger charge is 2.08. The van der Waals surface area contributed by atoms with E-state index in [1.54, 1.807) is 0 Å². The quantitative estimate of drug-likeness (QED) is 0.751. The summed E-state index contributed by atoms with van der Waals surface area (Å²) >= 11 is 5.93. The van der Waals surface area contributed by atoms with E-state index in [0.29, 0.717) is 5.88 Å². The molecule has 2 aromatic rings. The van der Waals surface area contributed by atoms with Crippen LogP contribution in [0.15, 0.2) is 30.3 Å². The van der Waals surface area contributed by atoms with Gasteiger partial charge in [-0.3, -0.25) is 4.98 Å². The van der Waals surface area contributed by atoms with Crippen molar-refractivity contribution in [2.75, 3.05) is 18.5 Å². The van der Waals surface area contributed by atoms with Crippen LogP contribution in [-0.2, 0) is 5.88 Å². The van der Waals surface area contributed by atoms with Gasteiger partial charge >= 0.3 is 0 Å². The molecule has 96 valence electrons. The van der Waals surface area contributed by atoms with E-state index in [2.05, 4.69) is 42.1 Å². The molecule has 0 aliphatic heterocycles. The molecule has 0 amide bonds. The molecule has 18 heavy (non-hydrogen) atoms. The first kappa shape index (κ1) is 13.2. The first-order valence-electron chi connectivity index (χ1n) is 6.42. The van der Waals surface area contributed by atoms with Crippen LogP contribution in [0.1, 0.15) is 25.5 Å². The number of anilines is 1. The number of aromatic nitrogens is 1.